The van der Waals surface area contributed by atoms with Crippen LogP contribution in [0.4, 0.5) is 0 Å². The molecule has 0 N–H and O–H groups in total. The zero-order valence-corrected chi connectivity index (χ0v) is 19.7. The van der Waals surface area contributed by atoms with Gasteiger partial charge in [0.1, 0.15) is 6.29 Å². The van der Waals surface area contributed by atoms with Crippen molar-refractivity contribution >= 4 is 6.29 Å². The second-order valence-electron chi connectivity index (χ2n) is 8.44. The molecule has 0 aliphatic rings. The van der Waals surface area contributed by atoms with Crippen LogP contribution in [0, 0.1) is 29.6 Å². The maximum atomic E-state index is 11.2. The summed E-state index contributed by atoms with van der Waals surface area (Å²) in [6.45, 7) is 13.4. The quantitative estimate of drug-likeness (QED) is 0.301. The molecule has 0 aromatic heterocycles. The monoisotopic (exact) mass is 400 g/mol. The Morgan fingerprint density at radius 2 is 1.32 bits per heavy atom. The summed E-state index contributed by atoms with van der Waals surface area (Å²) in [6, 6.07) is 0. The number of carbonyl (C=O) groups is 1. The molecule has 0 amide bonds. The van der Waals surface area contributed by atoms with E-state index in [0.717, 1.165) is 12.7 Å². The van der Waals surface area contributed by atoms with Gasteiger partial charge in [-0.25, -0.2) is 0 Å². The molecule has 8 unspecified atom stereocenters. The third-order valence-corrected chi connectivity index (χ3v) is 5.85. The van der Waals surface area contributed by atoms with Gasteiger partial charge in [0, 0.05) is 52.1 Å². The average Bonchev–Trinajstić information content (AvgIpc) is 2.63. The molecule has 0 saturated carbocycles. The largest absolute Gasteiger partial charge is 0.384 e. The number of aldehydes is 1. The van der Waals surface area contributed by atoms with Gasteiger partial charge in [0.2, 0.25) is 0 Å². The molecule has 5 heteroatoms. The van der Waals surface area contributed by atoms with Crippen LogP contribution in [0.5, 0.6) is 0 Å². The fourth-order valence-corrected chi connectivity index (χ4v) is 4.70. The summed E-state index contributed by atoms with van der Waals surface area (Å²) >= 11 is 0. The lowest BCUT2D eigenvalue weighted by atomic mass is 9.81. The molecule has 5 nitrogen and oxygen atoms in total. The van der Waals surface area contributed by atoms with Crippen LogP contribution in [-0.4, -0.2) is 59.6 Å². The minimum absolute atomic E-state index is 0.0108. The summed E-state index contributed by atoms with van der Waals surface area (Å²) in [5.41, 5.74) is 1.32. The number of methoxy groups -OCH3 is 4. The molecular formula is C23H44O5. The maximum Gasteiger partial charge on any atom is 0.125 e. The zero-order valence-electron chi connectivity index (χ0n) is 19.7. The summed E-state index contributed by atoms with van der Waals surface area (Å²) in [6.07, 6.45) is 4.16. The van der Waals surface area contributed by atoms with Gasteiger partial charge in [-0.05, 0) is 19.3 Å². The molecule has 0 aromatic rings. The van der Waals surface area contributed by atoms with E-state index < -0.39 is 0 Å². The average molecular weight is 401 g/mol. The van der Waals surface area contributed by atoms with Crippen LogP contribution in [0.15, 0.2) is 11.6 Å². The highest BCUT2D eigenvalue weighted by atomic mass is 16.5. The molecule has 0 fully saturated rings. The Morgan fingerprint density at radius 3 is 1.75 bits per heavy atom. The Labute approximate surface area is 173 Å². The SMILES string of the molecule is COCC(C)C(OC)C(C)/C=C(/C)CC(C)C(OC)C(C)C(OC)C(C)C=O. The van der Waals surface area contributed by atoms with Crippen LogP contribution < -0.4 is 0 Å². The van der Waals surface area contributed by atoms with Gasteiger partial charge in [0.25, 0.3) is 0 Å². The van der Waals surface area contributed by atoms with Gasteiger partial charge in [-0.3, -0.25) is 0 Å². The van der Waals surface area contributed by atoms with Crippen molar-refractivity contribution in [3.05, 3.63) is 11.6 Å². The normalized spacial score (nSPS) is 21.3. The molecule has 0 aliphatic carbocycles. The van der Waals surface area contributed by atoms with E-state index in [-0.39, 0.29) is 30.1 Å². The van der Waals surface area contributed by atoms with Gasteiger partial charge < -0.3 is 23.7 Å². The van der Waals surface area contributed by atoms with Crippen LogP contribution in [0.1, 0.15) is 48.0 Å². The molecule has 0 spiro atoms. The van der Waals surface area contributed by atoms with Crippen molar-refractivity contribution in [3.8, 4) is 0 Å². The van der Waals surface area contributed by atoms with Gasteiger partial charge in [-0.15, -0.1) is 0 Å². The molecule has 0 aromatic carbocycles. The van der Waals surface area contributed by atoms with Crippen molar-refractivity contribution in [3.63, 3.8) is 0 Å². The van der Waals surface area contributed by atoms with E-state index in [9.17, 15) is 4.79 Å². The lowest BCUT2D eigenvalue weighted by Crippen LogP contribution is -2.40. The fourth-order valence-electron chi connectivity index (χ4n) is 4.70. The van der Waals surface area contributed by atoms with Crippen LogP contribution in [0.25, 0.3) is 0 Å². The van der Waals surface area contributed by atoms with Crippen molar-refractivity contribution in [2.75, 3.05) is 35.0 Å². The molecule has 0 rings (SSSR count). The smallest absolute Gasteiger partial charge is 0.125 e. The van der Waals surface area contributed by atoms with Crippen LogP contribution >= 0.6 is 0 Å². The number of allylic oxidation sites excluding steroid dienone is 1. The highest BCUT2D eigenvalue weighted by molar-refractivity contribution is 5.53. The molecule has 166 valence electrons. The van der Waals surface area contributed by atoms with Crippen molar-refractivity contribution in [2.45, 2.75) is 66.3 Å². The first-order chi connectivity index (χ1) is 13.2. The van der Waals surface area contributed by atoms with Crippen molar-refractivity contribution < 1.29 is 23.7 Å². The first kappa shape index (κ1) is 27.2. The third-order valence-electron chi connectivity index (χ3n) is 5.85. The number of hydrogen-bond donors (Lipinski definition) is 0. The fraction of sp³-hybridized carbons (Fsp3) is 0.870. The van der Waals surface area contributed by atoms with Crippen molar-refractivity contribution in [2.24, 2.45) is 29.6 Å². The maximum absolute atomic E-state index is 11.2. The Hall–Kier alpha value is -0.750. The van der Waals surface area contributed by atoms with Crippen LogP contribution in [-0.2, 0) is 23.7 Å². The standard InChI is InChI=1S/C23H44O5/c1-15(11-16(2)21(26-8)19(5)14-25-7)12-17(3)22(27-9)20(6)23(28-10)18(4)13-24/h11,13,16-23H,12,14H2,1-10H3/b15-11-. The van der Waals surface area contributed by atoms with Gasteiger partial charge in [-0.2, -0.15) is 0 Å². The van der Waals surface area contributed by atoms with E-state index in [4.69, 9.17) is 18.9 Å². The minimum atomic E-state index is -0.161. The van der Waals surface area contributed by atoms with E-state index in [2.05, 4.69) is 40.7 Å². The number of hydrogen-bond acceptors (Lipinski definition) is 5. The lowest BCUT2D eigenvalue weighted by Gasteiger charge is -2.35. The number of rotatable bonds is 15. The predicted molar refractivity (Wildman–Crippen MR) is 115 cm³/mol. The summed E-state index contributed by atoms with van der Waals surface area (Å²) in [7, 11) is 6.89. The first-order valence-electron chi connectivity index (χ1n) is 10.4. The minimum Gasteiger partial charge on any atom is -0.384 e. The molecule has 0 saturated heterocycles. The molecule has 0 radical (unpaired) electrons. The van der Waals surface area contributed by atoms with Crippen molar-refractivity contribution in [1.29, 1.82) is 0 Å². The summed E-state index contributed by atoms with van der Waals surface area (Å²) in [4.78, 5) is 11.2. The highest BCUT2D eigenvalue weighted by Gasteiger charge is 2.33. The van der Waals surface area contributed by atoms with E-state index in [1.54, 1.807) is 28.4 Å². The molecule has 0 bridgehead atoms. The molecule has 0 heterocycles. The highest BCUT2D eigenvalue weighted by Crippen LogP contribution is 2.29. The number of carbonyl (C=O) groups excluding carboxylic acids is 1. The van der Waals surface area contributed by atoms with E-state index in [1.165, 1.54) is 5.57 Å². The summed E-state index contributed by atoms with van der Waals surface area (Å²) < 4.78 is 22.5. The van der Waals surface area contributed by atoms with Gasteiger partial charge in [0.15, 0.2) is 0 Å². The topological polar surface area (TPSA) is 54.0 Å². The molecular weight excluding hydrogens is 356 g/mol. The lowest BCUT2D eigenvalue weighted by molar-refractivity contribution is -0.119. The second kappa shape index (κ2) is 14.3. The van der Waals surface area contributed by atoms with Crippen molar-refractivity contribution in [1.82, 2.24) is 0 Å². The molecule has 28 heavy (non-hydrogen) atoms. The van der Waals surface area contributed by atoms with E-state index in [1.807, 2.05) is 6.92 Å². The predicted octanol–water partition coefficient (Wildman–Crippen LogP) is 4.39. The first-order valence-corrected chi connectivity index (χ1v) is 10.4. The second-order valence-corrected chi connectivity index (χ2v) is 8.44. The Balaban J connectivity index is 5.14. The Bertz CT molecular complexity index is 450. The van der Waals surface area contributed by atoms with Crippen LogP contribution in [0.3, 0.4) is 0 Å². The Kier molecular flexibility index (Phi) is 13.9. The third kappa shape index (κ3) is 8.32. The molecule has 8 atom stereocenters. The Morgan fingerprint density at radius 1 is 0.786 bits per heavy atom. The van der Waals surface area contributed by atoms with Gasteiger partial charge in [0.05, 0.1) is 24.9 Å². The molecule has 0 aliphatic heterocycles. The zero-order chi connectivity index (χ0) is 21.9. The number of ether oxygens (including phenoxy) is 4. The van der Waals surface area contributed by atoms with Gasteiger partial charge in [-0.1, -0.05) is 46.3 Å². The van der Waals surface area contributed by atoms with E-state index >= 15 is 0 Å². The van der Waals surface area contributed by atoms with Gasteiger partial charge >= 0.3 is 0 Å². The van der Waals surface area contributed by atoms with E-state index in [0.29, 0.717) is 24.4 Å². The summed E-state index contributed by atoms with van der Waals surface area (Å²) in [5, 5.41) is 0. The van der Waals surface area contributed by atoms with Crippen LogP contribution in [0.2, 0.25) is 0 Å². The summed E-state index contributed by atoms with van der Waals surface area (Å²) in [5.74, 6) is 0.876.